The summed E-state index contributed by atoms with van der Waals surface area (Å²) in [6, 6.07) is 0. The molecular weight excluding hydrogens is 196 g/mol. The fourth-order valence-electron chi connectivity index (χ4n) is 2.79. The van der Waals surface area contributed by atoms with E-state index in [-0.39, 0.29) is 0 Å². The van der Waals surface area contributed by atoms with Gasteiger partial charge in [0.1, 0.15) is 0 Å². The van der Waals surface area contributed by atoms with Crippen LogP contribution in [-0.4, -0.2) is 49.6 Å². The Labute approximate surface area is 102 Å². The first-order chi connectivity index (χ1) is 7.74. The van der Waals surface area contributed by atoms with E-state index in [4.69, 9.17) is 0 Å². The van der Waals surface area contributed by atoms with E-state index in [0.717, 1.165) is 11.8 Å². The third-order valence-corrected chi connectivity index (χ3v) is 3.88. The molecular formula is C14H30N2. The second-order valence-electron chi connectivity index (χ2n) is 5.40. The molecule has 0 aromatic carbocycles. The Morgan fingerprint density at radius 3 is 2.12 bits per heavy atom. The molecule has 2 fully saturated rings. The molecule has 2 aliphatic rings. The highest BCUT2D eigenvalue weighted by Gasteiger charge is 2.23. The van der Waals surface area contributed by atoms with Gasteiger partial charge in [0.25, 0.3) is 0 Å². The third-order valence-electron chi connectivity index (χ3n) is 3.88. The van der Waals surface area contributed by atoms with Crippen LogP contribution < -0.4 is 0 Å². The van der Waals surface area contributed by atoms with E-state index >= 15 is 0 Å². The van der Waals surface area contributed by atoms with Gasteiger partial charge in [0.2, 0.25) is 0 Å². The number of rotatable bonds is 2. The number of likely N-dealkylation sites (tertiary alicyclic amines) is 2. The number of nitrogens with zero attached hydrogens (tertiary/aromatic N) is 2. The van der Waals surface area contributed by atoms with Crippen molar-refractivity contribution < 1.29 is 0 Å². The van der Waals surface area contributed by atoms with Gasteiger partial charge in [0.15, 0.2) is 0 Å². The Bertz CT molecular complexity index is 174. The summed E-state index contributed by atoms with van der Waals surface area (Å²) in [6.45, 7) is 13.1. The Kier molecular flexibility index (Phi) is 6.37. The zero-order valence-corrected chi connectivity index (χ0v) is 11.7. The van der Waals surface area contributed by atoms with Crippen LogP contribution in [0.25, 0.3) is 0 Å². The van der Waals surface area contributed by atoms with E-state index in [0.29, 0.717) is 0 Å². The van der Waals surface area contributed by atoms with Crippen LogP contribution in [0.5, 0.6) is 0 Å². The number of piperidine rings is 1. The molecule has 1 atom stereocenters. The van der Waals surface area contributed by atoms with E-state index in [1.807, 2.05) is 13.8 Å². The molecule has 0 unspecified atom stereocenters. The first kappa shape index (κ1) is 14.0. The molecule has 0 bridgehead atoms. The summed E-state index contributed by atoms with van der Waals surface area (Å²) in [5, 5.41) is 0. The molecule has 0 saturated carbocycles. The van der Waals surface area contributed by atoms with Crippen LogP contribution in [0, 0.1) is 11.8 Å². The van der Waals surface area contributed by atoms with Crippen molar-refractivity contribution in [3.05, 3.63) is 0 Å². The van der Waals surface area contributed by atoms with Gasteiger partial charge in [-0.1, -0.05) is 20.8 Å². The minimum Gasteiger partial charge on any atom is -0.306 e. The lowest BCUT2D eigenvalue weighted by molar-refractivity contribution is 0.168. The van der Waals surface area contributed by atoms with Crippen molar-refractivity contribution in [2.45, 2.75) is 40.0 Å². The minimum atomic E-state index is 0.952. The second-order valence-corrected chi connectivity index (χ2v) is 5.40. The molecule has 0 radical (unpaired) electrons. The van der Waals surface area contributed by atoms with E-state index in [1.54, 1.807) is 0 Å². The first-order valence-electron chi connectivity index (χ1n) is 7.15. The van der Waals surface area contributed by atoms with Crippen LogP contribution >= 0.6 is 0 Å². The minimum absolute atomic E-state index is 0.952. The van der Waals surface area contributed by atoms with E-state index < -0.39 is 0 Å². The standard InChI is InChI=1S/C12H24N2.C2H6/c1-11-3-7-14(8-4-11)10-12-5-6-13(2)9-12;1-2/h11-12H,3-10H2,1-2H3;1-2H3/t12-;/m0./s1. The van der Waals surface area contributed by atoms with Gasteiger partial charge in [-0.15, -0.1) is 0 Å². The molecule has 0 N–H and O–H groups in total. The molecule has 2 saturated heterocycles. The highest BCUT2D eigenvalue weighted by atomic mass is 15.2. The zero-order chi connectivity index (χ0) is 12.0. The SMILES string of the molecule is CC.CC1CCN(C[C@H]2CCN(C)C2)CC1. The lowest BCUT2D eigenvalue weighted by Gasteiger charge is -2.32. The fraction of sp³-hybridized carbons (Fsp3) is 1.00. The summed E-state index contributed by atoms with van der Waals surface area (Å²) in [5.74, 6) is 1.92. The maximum Gasteiger partial charge on any atom is 0.00224 e. The molecule has 2 heterocycles. The smallest absolute Gasteiger partial charge is 0.00224 e. The van der Waals surface area contributed by atoms with Crippen molar-refractivity contribution in [1.82, 2.24) is 9.80 Å². The summed E-state index contributed by atoms with van der Waals surface area (Å²) >= 11 is 0. The molecule has 16 heavy (non-hydrogen) atoms. The van der Waals surface area contributed by atoms with E-state index in [9.17, 15) is 0 Å². The van der Waals surface area contributed by atoms with Crippen molar-refractivity contribution in [2.75, 3.05) is 39.8 Å². The lowest BCUT2D eigenvalue weighted by Crippen LogP contribution is -2.37. The van der Waals surface area contributed by atoms with Crippen molar-refractivity contribution in [3.63, 3.8) is 0 Å². The maximum absolute atomic E-state index is 2.68. The Hall–Kier alpha value is -0.0800. The van der Waals surface area contributed by atoms with Gasteiger partial charge in [-0.2, -0.15) is 0 Å². The van der Waals surface area contributed by atoms with E-state index in [2.05, 4.69) is 23.8 Å². The Morgan fingerprint density at radius 2 is 1.62 bits per heavy atom. The zero-order valence-electron chi connectivity index (χ0n) is 11.7. The summed E-state index contributed by atoms with van der Waals surface area (Å²) in [4.78, 5) is 5.15. The maximum atomic E-state index is 2.68. The quantitative estimate of drug-likeness (QED) is 0.714. The van der Waals surface area contributed by atoms with Crippen molar-refractivity contribution in [2.24, 2.45) is 11.8 Å². The fourth-order valence-corrected chi connectivity index (χ4v) is 2.79. The predicted octanol–water partition coefficient (Wildman–Crippen LogP) is 2.70. The highest BCUT2D eigenvalue weighted by Crippen LogP contribution is 2.20. The molecule has 96 valence electrons. The van der Waals surface area contributed by atoms with E-state index in [1.165, 1.54) is 52.0 Å². The van der Waals surface area contributed by atoms with Crippen LogP contribution in [0.2, 0.25) is 0 Å². The van der Waals surface area contributed by atoms with Gasteiger partial charge in [-0.25, -0.2) is 0 Å². The van der Waals surface area contributed by atoms with Gasteiger partial charge < -0.3 is 9.80 Å². The molecule has 2 rings (SSSR count). The van der Waals surface area contributed by atoms with Crippen LogP contribution in [0.4, 0.5) is 0 Å². The Morgan fingerprint density at radius 1 is 1.00 bits per heavy atom. The second kappa shape index (κ2) is 7.29. The van der Waals surface area contributed by atoms with Gasteiger partial charge >= 0.3 is 0 Å². The summed E-state index contributed by atoms with van der Waals surface area (Å²) in [6.07, 6.45) is 4.26. The molecule has 0 aromatic heterocycles. The van der Waals surface area contributed by atoms with Crippen molar-refractivity contribution in [3.8, 4) is 0 Å². The van der Waals surface area contributed by atoms with Crippen molar-refractivity contribution >= 4 is 0 Å². The first-order valence-corrected chi connectivity index (χ1v) is 7.15. The predicted molar refractivity (Wildman–Crippen MR) is 71.8 cm³/mol. The molecule has 0 aliphatic carbocycles. The molecule has 0 spiro atoms. The molecule has 0 amide bonds. The number of hydrogen-bond donors (Lipinski definition) is 0. The third kappa shape index (κ3) is 4.42. The van der Waals surface area contributed by atoms with Crippen LogP contribution in [0.1, 0.15) is 40.0 Å². The molecule has 2 heteroatoms. The summed E-state index contributed by atoms with van der Waals surface area (Å²) in [7, 11) is 2.25. The average molecular weight is 226 g/mol. The number of hydrogen-bond acceptors (Lipinski definition) is 2. The van der Waals surface area contributed by atoms with Gasteiger partial charge in [-0.3, -0.25) is 0 Å². The van der Waals surface area contributed by atoms with Gasteiger partial charge in [-0.05, 0) is 57.8 Å². The average Bonchev–Trinajstić information content (AvgIpc) is 2.70. The topological polar surface area (TPSA) is 6.48 Å². The lowest BCUT2D eigenvalue weighted by atomic mass is 9.98. The molecule has 0 aromatic rings. The normalized spacial score (nSPS) is 28.9. The molecule has 2 aliphatic heterocycles. The largest absolute Gasteiger partial charge is 0.306 e. The monoisotopic (exact) mass is 226 g/mol. The van der Waals surface area contributed by atoms with Gasteiger partial charge in [0.05, 0.1) is 0 Å². The summed E-state index contributed by atoms with van der Waals surface area (Å²) < 4.78 is 0. The van der Waals surface area contributed by atoms with Crippen LogP contribution in [0.15, 0.2) is 0 Å². The molecule has 2 nitrogen and oxygen atoms in total. The Balaban J connectivity index is 0.000000606. The van der Waals surface area contributed by atoms with Crippen molar-refractivity contribution in [1.29, 1.82) is 0 Å². The highest BCUT2D eigenvalue weighted by molar-refractivity contribution is 4.78. The van der Waals surface area contributed by atoms with Crippen LogP contribution in [-0.2, 0) is 0 Å². The van der Waals surface area contributed by atoms with Crippen LogP contribution in [0.3, 0.4) is 0 Å². The summed E-state index contributed by atoms with van der Waals surface area (Å²) in [5.41, 5.74) is 0. The van der Waals surface area contributed by atoms with Gasteiger partial charge in [0, 0.05) is 13.1 Å².